The van der Waals surface area contributed by atoms with Crippen molar-refractivity contribution in [3.63, 3.8) is 0 Å². The molecule has 0 bridgehead atoms. The first kappa shape index (κ1) is 24.9. The lowest BCUT2D eigenvalue weighted by Crippen LogP contribution is -2.61. The first-order valence-corrected chi connectivity index (χ1v) is 12.4. The predicted molar refractivity (Wildman–Crippen MR) is 124 cm³/mol. The maximum atomic E-state index is 12.7. The molecule has 0 aromatic carbocycles. The summed E-state index contributed by atoms with van der Waals surface area (Å²) in [4.78, 5) is 27.1. The molecule has 1 saturated carbocycles. The molecule has 7 nitrogen and oxygen atoms in total. The van der Waals surface area contributed by atoms with Gasteiger partial charge < -0.3 is 20.7 Å². The molecule has 2 amide bonds. The Morgan fingerprint density at radius 1 is 1.14 bits per heavy atom. The monoisotopic (exact) mass is 521 g/mol. The fraction of sp³-hybridized carbons (Fsp3) is 0.900. The molecule has 4 unspecified atom stereocenters. The van der Waals surface area contributed by atoms with Crippen molar-refractivity contribution >= 4 is 41.5 Å². The number of hydrogen-bond acceptors (Lipinski definition) is 5. The number of carbonyl (C=O) groups excluding carboxylic acids is 2. The van der Waals surface area contributed by atoms with Crippen molar-refractivity contribution in [2.75, 3.05) is 13.1 Å². The van der Waals surface area contributed by atoms with Gasteiger partial charge in [0.15, 0.2) is 0 Å². The lowest BCUT2D eigenvalue weighted by Gasteiger charge is -2.45. The number of likely N-dealkylation sites (tertiary alicyclic amines) is 1. The van der Waals surface area contributed by atoms with Crippen molar-refractivity contribution in [2.45, 2.75) is 93.6 Å². The highest BCUT2D eigenvalue weighted by Gasteiger charge is 2.39. The van der Waals surface area contributed by atoms with Gasteiger partial charge in [-0.3, -0.25) is 14.5 Å². The molecule has 4 N–H and O–H groups in total. The first-order chi connectivity index (χ1) is 13.8. The average Bonchev–Trinajstić information content (AvgIpc) is 2.70. The summed E-state index contributed by atoms with van der Waals surface area (Å²) in [6.07, 6.45) is 9.96. The van der Waals surface area contributed by atoms with Gasteiger partial charge in [-0.2, -0.15) is 0 Å². The Bertz CT molecular complexity index is 538. The van der Waals surface area contributed by atoms with Gasteiger partial charge in [0.25, 0.3) is 0 Å². The van der Waals surface area contributed by atoms with E-state index in [9.17, 15) is 19.6 Å². The molecule has 1 saturated heterocycles. The van der Waals surface area contributed by atoms with Gasteiger partial charge in [-0.25, -0.2) is 0 Å². The molecule has 0 aromatic heterocycles. The Hall–Kier alpha value is -0.385. The second kappa shape index (κ2) is 12.5. The molecule has 0 radical (unpaired) electrons. The van der Waals surface area contributed by atoms with Crippen LogP contribution in [0.3, 0.4) is 0 Å². The van der Waals surface area contributed by atoms with E-state index < -0.39 is 19.0 Å². The van der Waals surface area contributed by atoms with Crippen molar-refractivity contribution in [3.8, 4) is 0 Å². The van der Waals surface area contributed by atoms with Crippen LogP contribution in [0.25, 0.3) is 0 Å². The largest absolute Gasteiger partial charge is 0.475 e. The smallest absolute Gasteiger partial charge is 0.426 e. The zero-order valence-corrected chi connectivity index (χ0v) is 19.9. The molecule has 1 aliphatic carbocycles. The van der Waals surface area contributed by atoms with Crippen LogP contribution in [0.2, 0.25) is 0 Å². The number of carbonyl (C=O) groups is 2. The van der Waals surface area contributed by atoms with E-state index in [0.29, 0.717) is 16.4 Å². The summed E-state index contributed by atoms with van der Waals surface area (Å²) in [5, 5.41) is 24.2. The van der Waals surface area contributed by atoms with E-state index in [0.717, 1.165) is 25.8 Å². The highest BCUT2D eigenvalue weighted by atomic mass is 127. The number of amides is 2. The summed E-state index contributed by atoms with van der Waals surface area (Å²) in [6.45, 7) is 4.72. The van der Waals surface area contributed by atoms with Crippen LogP contribution in [0, 0.1) is 5.92 Å². The lowest BCUT2D eigenvalue weighted by atomic mass is 9.75. The molecule has 29 heavy (non-hydrogen) atoms. The van der Waals surface area contributed by atoms with Crippen LogP contribution in [0.1, 0.15) is 71.6 Å². The highest BCUT2D eigenvalue weighted by molar-refractivity contribution is 14.1. The Balaban J connectivity index is 1.81. The van der Waals surface area contributed by atoms with Crippen LogP contribution in [0.15, 0.2) is 0 Å². The Morgan fingerprint density at radius 2 is 1.83 bits per heavy atom. The molecule has 2 rings (SSSR count). The summed E-state index contributed by atoms with van der Waals surface area (Å²) in [6, 6.07) is 0.306. The van der Waals surface area contributed by atoms with E-state index in [4.69, 9.17) is 0 Å². The summed E-state index contributed by atoms with van der Waals surface area (Å²) >= 11 is 2.56. The van der Waals surface area contributed by atoms with Gasteiger partial charge in [-0.05, 0) is 38.0 Å². The number of nitrogens with zero attached hydrogens (tertiary/aromatic N) is 1. The second-order valence-electron chi connectivity index (χ2n) is 8.96. The normalized spacial score (nSPS) is 27.2. The number of hydrogen-bond donors (Lipinski definition) is 4. The van der Waals surface area contributed by atoms with Gasteiger partial charge in [-0.1, -0.05) is 62.1 Å². The maximum Gasteiger partial charge on any atom is 0.475 e. The SMILES string of the molecule is CC(C)CC(NC(=O)CNC(=O)C1CCN1C1CCCCCCC(I)C1)B(O)O. The summed E-state index contributed by atoms with van der Waals surface area (Å²) in [5.41, 5.74) is 0. The van der Waals surface area contributed by atoms with Crippen LogP contribution >= 0.6 is 22.6 Å². The van der Waals surface area contributed by atoms with Gasteiger partial charge >= 0.3 is 7.12 Å². The van der Waals surface area contributed by atoms with Crippen LogP contribution in [0.4, 0.5) is 0 Å². The third-order valence-electron chi connectivity index (χ3n) is 6.02. The molecule has 2 aliphatic rings. The summed E-state index contributed by atoms with van der Waals surface area (Å²) < 4.78 is 0.661. The third kappa shape index (κ3) is 8.34. The topological polar surface area (TPSA) is 102 Å². The van der Waals surface area contributed by atoms with Gasteiger partial charge in [0, 0.05) is 16.5 Å². The molecule has 166 valence electrons. The minimum absolute atomic E-state index is 0.0961. The zero-order valence-electron chi connectivity index (χ0n) is 17.8. The minimum atomic E-state index is -1.61. The highest BCUT2D eigenvalue weighted by Crippen LogP contribution is 2.31. The van der Waals surface area contributed by atoms with E-state index in [1.165, 1.54) is 32.1 Å². The Kier molecular flexibility index (Phi) is 10.7. The van der Waals surface area contributed by atoms with E-state index >= 15 is 0 Å². The number of alkyl halides is 1. The van der Waals surface area contributed by atoms with Crippen molar-refractivity contribution in [1.29, 1.82) is 0 Å². The molecular formula is C20H37BIN3O4. The van der Waals surface area contributed by atoms with Crippen molar-refractivity contribution < 1.29 is 19.6 Å². The van der Waals surface area contributed by atoms with Crippen LogP contribution in [-0.4, -0.2) is 68.9 Å². The number of nitrogens with one attached hydrogen (secondary N) is 2. The van der Waals surface area contributed by atoms with Gasteiger partial charge in [0.05, 0.1) is 18.5 Å². The van der Waals surface area contributed by atoms with Crippen LogP contribution < -0.4 is 10.6 Å². The molecule has 1 heterocycles. The standard InChI is InChI=1S/C20H37BIN3O4/c1-14(2)11-18(21(28)29)24-19(26)13-23-20(27)17-9-10-25(17)16-8-6-4-3-5-7-15(22)12-16/h14-18,28-29H,3-13H2,1-2H3,(H,23,27)(H,24,26). The van der Waals surface area contributed by atoms with E-state index in [-0.39, 0.29) is 24.4 Å². The van der Waals surface area contributed by atoms with Gasteiger partial charge in [0.1, 0.15) is 0 Å². The van der Waals surface area contributed by atoms with E-state index in [1.807, 2.05) is 13.8 Å². The molecule has 9 heteroatoms. The molecule has 2 fully saturated rings. The van der Waals surface area contributed by atoms with Crippen molar-refractivity contribution in [1.82, 2.24) is 15.5 Å². The minimum Gasteiger partial charge on any atom is -0.426 e. The molecule has 0 aromatic rings. The lowest BCUT2D eigenvalue weighted by molar-refractivity contribution is -0.135. The Labute approximate surface area is 189 Å². The molecule has 0 spiro atoms. The summed E-state index contributed by atoms with van der Waals surface area (Å²) in [5.74, 6) is -0.993. The quantitative estimate of drug-likeness (QED) is 0.221. The maximum absolute atomic E-state index is 12.7. The average molecular weight is 521 g/mol. The number of halogens is 1. The second-order valence-corrected chi connectivity index (χ2v) is 10.7. The van der Waals surface area contributed by atoms with Crippen molar-refractivity contribution in [2.24, 2.45) is 5.92 Å². The molecular weight excluding hydrogens is 484 g/mol. The van der Waals surface area contributed by atoms with Crippen LogP contribution in [0.5, 0.6) is 0 Å². The molecule has 4 atom stereocenters. The zero-order chi connectivity index (χ0) is 21.4. The predicted octanol–water partition coefficient (Wildman–Crippen LogP) is 1.64. The third-order valence-corrected chi connectivity index (χ3v) is 7.15. The van der Waals surface area contributed by atoms with Crippen LogP contribution in [-0.2, 0) is 9.59 Å². The van der Waals surface area contributed by atoms with E-state index in [2.05, 4.69) is 38.1 Å². The fourth-order valence-electron chi connectivity index (χ4n) is 4.36. The van der Waals surface area contributed by atoms with Gasteiger partial charge in [0.2, 0.25) is 11.8 Å². The Morgan fingerprint density at radius 3 is 2.41 bits per heavy atom. The van der Waals surface area contributed by atoms with Crippen molar-refractivity contribution in [3.05, 3.63) is 0 Å². The van der Waals surface area contributed by atoms with Gasteiger partial charge in [-0.15, -0.1) is 0 Å². The first-order valence-electron chi connectivity index (χ1n) is 11.1. The molecule has 1 aliphatic heterocycles. The number of rotatable bonds is 8. The van der Waals surface area contributed by atoms with E-state index in [1.54, 1.807) is 0 Å². The summed E-state index contributed by atoms with van der Waals surface area (Å²) in [7, 11) is -1.61. The fourth-order valence-corrected chi connectivity index (χ4v) is 5.39.